The van der Waals surface area contributed by atoms with E-state index in [1.807, 2.05) is 0 Å². The smallest absolute Gasteiger partial charge is 0.199 e. The average molecular weight is 334 g/mol. The minimum absolute atomic E-state index is 0.00465. The number of hydrogen-bond acceptors (Lipinski definition) is 2. The standard InChI is InChI=1S/C18H23FN2OS/c1-5-14-6-8-15(9-7-14)20-23(19,22)21-13-18(4)11-16(21)10-17(2,3)12-18/h1,6-9,16H,10-13H2,2-4H3/t16-,18-,23?/m1/s1. The molecule has 0 N–H and O–H groups in total. The van der Waals surface area contributed by atoms with E-state index in [1.165, 1.54) is 4.31 Å². The second kappa shape index (κ2) is 5.32. The molecule has 124 valence electrons. The maximum absolute atomic E-state index is 15.0. The molecule has 1 aromatic carbocycles. The Bertz CT molecular complexity index is 771. The Morgan fingerprint density at radius 3 is 2.57 bits per heavy atom. The molecule has 1 saturated carbocycles. The van der Waals surface area contributed by atoms with Crippen LogP contribution in [0.15, 0.2) is 28.6 Å². The van der Waals surface area contributed by atoms with Crippen LogP contribution < -0.4 is 0 Å². The molecule has 3 atom stereocenters. The van der Waals surface area contributed by atoms with E-state index in [4.69, 9.17) is 6.42 Å². The molecular weight excluding hydrogens is 311 g/mol. The Morgan fingerprint density at radius 2 is 1.96 bits per heavy atom. The van der Waals surface area contributed by atoms with E-state index >= 15 is 0 Å². The van der Waals surface area contributed by atoms with Gasteiger partial charge in [0.05, 0.1) is 5.69 Å². The lowest BCUT2D eigenvalue weighted by atomic mass is 9.65. The Morgan fingerprint density at radius 1 is 1.30 bits per heavy atom. The molecule has 1 aliphatic carbocycles. The van der Waals surface area contributed by atoms with Gasteiger partial charge in [-0.1, -0.05) is 26.7 Å². The highest BCUT2D eigenvalue weighted by Gasteiger charge is 2.52. The van der Waals surface area contributed by atoms with Crippen molar-refractivity contribution in [2.24, 2.45) is 15.2 Å². The Labute approximate surface area is 138 Å². The first-order chi connectivity index (χ1) is 10.6. The highest BCUT2D eigenvalue weighted by atomic mass is 32.3. The molecule has 3 rings (SSSR count). The van der Waals surface area contributed by atoms with Crippen LogP contribution in [0.4, 0.5) is 9.57 Å². The van der Waals surface area contributed by atoms with Gasteiger partial charge in [0.15, 0.2) is 0 Å². The van der Waals surface area contributed by atoms with Crippen LogP contribution in [-0.2, 0) is 10.3 Å². The van der Waals surface area contributed by atoms with Gasteiger partial charge in [-0.05, 0) is 54.4 Å². The molecule has 5 heteroatoms. The van der Waals surface area contributed by atoms with Crippen molar-refractivity contribution in [2.75, 3.05) is 6.54 Å². The van der Waals surface area contributed by atoms with Crippen molar-refractivity contribution in [1.82, 2.24) is 4.31 Å². The molecule has 3 nitrogen and oxygen atoms in total. The van der Waals surface area contributed by atoms with Crippen molar-refractivity contribution in [3.63, 3.8) is 0 Å². The molecule has 1 aromatic rings. The van der Waals surface area contributed by atoms with E-state index in [0.29, 0.717) is 17.8 Å². The third-order valence-corrected chi connectivity index (χ3v) is 6.35. The van der Waals surface area contributed by atoms with Gasteiger partial charge in [-0.3, -0.25) is 0 Å². The first kappa shape index (κ1) is 16.5. The van der Waals surface area contributed by atoms with Gasteiger partial charge >= 0.3 is 0 Å². The van der Waals surface area contributed by atoms with Gasteiger partial charge in [0, 0.05) is 18.2 Å². The SMILES string of the molecule is C#Cc1ccc(N=S(=O)(F)N2C[C@]3(C)C[C@H]2CC(C)(C)C3)cc1. The summed E-state index contributed by atoms with van der Waals surface area (Å²) in [6, 6.07) is 6.59. The van der Waals surface area contributed by atoms with Gasteiger partial charge < -0.3 is 0 Å². The molecule has 2 aliphatic rings. The molecule has 23 heavy (non-hydrogen) atoms. The number of benzene rings is 1. The minimum atomic E-state index is -3.92. The molecular formula is C18H23FN2OS. The van der Waals surface area contributed by atoms with E-state index in [9.17, 15) is 8.09 Å². The van der Waals surface area contributed by atoms with Crippen molar-refractivity contribution < 1.29 is 8.09 Å². The molecule has 1 saturated heterocycles. The number of rotatable bonds is 2. The highest BCUT2D eigenvalue weighted by Crippen LogP contribution is 2.53. The first-order valence-corrected chi connectivity index (χ1v) is 9.30. The minimum Gasteiger partial charge on any atom is -0.199 e. The highest BCUT2D eigenvalue weighted by molar-refractivity contribution is 7.86. The normalized spacial score (nSPS) is 32.0. The summed E-state index contributed by atoms with van der Waals surface area (Å²) in [5.41, 5.74) is 1.23. The van der Waals surface area contributed by atoms with Crippen molar-refractivity contribution in [3.05, 3.63) is 29.8 Å². The Kier molecular flexibility index (Phi) is 3.81. The lowest BCUT2D eigenvalue weighted by Gasteiger charge is -2.39. The topological polar surface area (TPSA) is 32.7 Å². The van der Waals surface area contributed by atoms with Crippen LogP contribution in [0.25, 0.3) is 0 Å². The van der Waals surface area contributed by atoms with Crippen LogP contribution in [0.3, 0.4) is 0 Å². The van der Waals surface area contributed by atoms with Crippen molar-refractivity contribution in [1.29, 1.82) is 0 Å². The second-order valence-electron chi connectivity index (χ2n) is 8.00. The number of nitrogens with zero attached hydrogens (tertiary/aromatic N) is 2. The number of terminal acetylenes is 1. The van der Waals surface area contributed by atoms with Crippen molar-refractivity contribution >= 4 is 16.0 Å². The van der Waals surface area contributed by atoms with Crippen molar-refractivity contribution in [3.8, 4) is 12.3 Å². The lowest BCUT2D eigenvalue weighted by Crippen LogP contribution is -2.36. The number of halogens is 1. The van der Waals surface area contributed by atoms with Gasteiger partial charge in [0.25, 0.3) is 10.3 Å². The fraction of sp³-hybridized carbons (Fsp3) is 0.556. The zero-order chi connectivity index (χ0) is 16.9. The third kappa shape index (κ3) is 3.29. The molecule has 0 spiro atoms. The van der Waals surface area contributed by atoms with Gasteiger partial charge in [-0.15, -0.1) is 10.3 Å². The predicted molar refractivity (Wildman–Crippen MR) is 91.9 cm³/mol. The van der Waals surface area contributed by atoms with Crippen LogP contribution in [0.2, 0.25) is 0 Å². The molecule has 2 bridgehead atoms. The van der Waals surface area contributed by atoms with Gasteiger partial charge in [0.2, 0.25) is 0 Å². The fourth-order valence-electron chi connectivity index (χ4n) is 4.47. The average Bonchev–Trinajstić information content (AvgIpc) is 2.69. The van der Waals surface area contributed by atoms with Gasteiger partial charge in [-0.25, -0.2) is 0 Å². The summed E-state index contributed by atoms with van der Waals surface area (Å²) in [7, 11) is -3.92. The van der Waals surface area contributed by atoms with E-state index in [-0.39, 0.29) is 16.9 Å². The molecule has 2 fully saturated rings. The van der Waals surface area contributed by atoms with Crippen molar-refractivity contribution in [2.45, 2.75) is 46.1 Å². The van der Waals surface area contributed by atoms with Gasteiger partial charge in [-0.2, -0.15) is 12.9 Å². The summed E-state index contributed by atoms with van der Waals surface area (Å²) in [5, 5.41) is 0. The third-order valence-electron chi connectivity index (χ3n) is 4.91. The molecule has 1 heterocycles. The van der Waals surface area contributed by atoms with Crippen LogP contribution in [0, 0.1) is 23.2 Å². The summed E-state index contributed by atoms with van der Waals surface area (Å²) >= 11 is 0. The molecule has 1 aliphatic heterocycles. The van der Waals surface area contributed by atoms with E-state index in [2.05, 4.69) is 31.1 Å². The van der Waals surface area contributed by atoms with Crippen LogP contribution in [0.1, 0.15) is 45.6 Å². The summed E-state index contributed by atoms with van der Waals surface area (Å²) in [6.45, 7) is 7.08. The van der Waals surface area contributed by atoms with Crippen LogP contribution in [-0.4, -0.2) is 21.1 Å². The van der Waals surface area contributed by atoms with E-state index in [1.54, 1.807) is 24.3 Å². The summed E-state index contributed by atoms with van der Waals surface area (Å²) in [6.07, 6.45) is 8.08. The molecule has 0 radical (unpaired) electrons. The Balaban J connectivity index is 1.92. The molecule has 0 aromatic heterocycles. The number of hydrogen-bond donors (Lipinski definition) is 0. The van der Waals surface area contributed by atoms with Crippen LogP contribution >= 0.6 is 0 Å². The Hall–Kier alpha value is -1.38. The van der Waals surface area contributed by atoms with E-state index in [0.717, 1.165) is 19.3 Å². The zero-order valence-electron chi connectivity index (χ0n) is 13.9. The van der Waals surface area contributed by atoms with Crippen LogP contribution in [0.5, 0.6) is 0 Å². The lowest BCUT2D eigenvalue weighted by molar-refractivity contribution is 0.133. The first-order valence-electron chi connectivity index (χ1n) is 7.93. The fourth-order valence-corrected chi connectivity index (χ4v) is 5.95. The summed E-state index contributed by atoms with van der Waals surface area (Å²) in [5.74, 6) is 2.50. The monoisotopic (exact) mass is 334 g/mol. The maximum atomic E-state index is 15.0. The molecule has 1 unspecified atom stereocenters. The quantitative estimate of drug-likeness (QED) is 0.580. The molecule has 0 amide bonds. The predicted octanol–water partition coefficient (Wildman–Crippen LogP) is 4.47. The summed E-state index contributed by atoms with van der Waals surface area (Å²) in [4.78, 5) is 0. The number of fused-ring (bicyclic) bond motifs is 2. The summed E-state index contributed by atoms with van der Waals surface area (Å²) < 4.78 is 33.0. The second-order valence-corrected chi connectivity index (χ2v) is 9.52. The largest absolute Gasteiger partial charge is 0.276 e. The maximum Gasteiger partial charge on any atom is 0.276 e. The van der Waals surface area contributed by atoms with Gasteiger partial charge in [0.1, 0.15) is 0 Å². The zero-order valence-corrected chi connectivity index (χ0v) is 14.7. The van der Waals surface area contributed by atoms with E-state index < -0.39 is 10.3 Å².